The highest BCUT2D eigenvalue weighted by Gasteiger charge is 2.19. The molecule has 2 rings (SSSR count). The van der Waals surface area contributed by atoms with Crippen LogP contribution in [0.25, 0.3) is 0 Å². The van der Waals surface area contributed by atoms with Gasteiger partial charge in [0.05, 0.1) is 11.1 Å². The third-order valence-electron chi connectivity index (χ3n) is 2.70. The molecule has 0 spiro atoms. The van der Waals surface area contributed by atoms with Crippen molar-refractivity contribution in [1.29, 1.82) is 0 Å². The Morgan fingerprint density at radius 1 is 1.05 bits per heavy atom. The van der Waals surface area contributed by atoms with Gasteiger partial charge in [-0.05, 0) is 39.7 Å². The van der Waals surface area contributed by atoms with Crippen LogP contribution in [0, 0.1) is 17.5 Å². The normalized spacial score (nSPS) is 12.5. The van der Waals surface area contributed by atoms with Crippen LogP contribution in [0.5, 0.6) is 0 Å². The van der Waals surface area contributed by atoms with Gasteiger partial charge < -0.3 is 5.73 Å². The number of benzene rings is 2. The van der Waals surface area contributed by atoms with Crippen LogP contribution in [0.3, 0.4) is 0 Å². The summed E-state index contributed by atoms with van der Waals surface area (Å²) < 4.78 is 40.3. The molecule has 6 heteroatoms. The molecule has 0 aliphatic heterocycles. The van der Waals surface area contributed by atoms with Gasteiger partial charge in [0.1, 0.15) is 0 Å². The maximum absolute atomic E-state index is 13.6. The molecule has 2 aromatic carbocycles. The highest BCUT2D eigenvalue weighted by atomic mass is 79.9. The minimum absolute atomic E-state index is 0.117. The predicted octanol–water partition coefficient (Wildman–Crippen LogP) is 4.57. The summed E-state index contributed by atoms with van der Waals surface area (Å²) in [6, 6.07) is 5.84. The van der Waals surface area contributed by atoms with Crippen molar-refractivity contribution in [1.82, 2.24) is 0 Å². The molecule has 0 aliphatic carbocycles. The number of hydrogen-bond acceptors (Lipinski definition) is 1. The summed E-state index contributed by atoms with van der Waals surface area (Å²) in [6.07, 6.45) is 0. The molecule has 100 valence electrons. The van der Waals surface area contributed by atoms with E-state index in [2.05, 4.69) is 15.9 Å². The second-order valence-electron chi connectivity index (χ2n) is 3.92. The second-order valence-corrected chi connectivity index (χ2v) is 5.18. The lowest BCUT2D eigenvalue weighted by Crippen LogP contribution is -2.15. The summed E-state index contributed by atoms with van der Waals surface area (Å²) in [5.41, 5.74) is 6.27. The first-order valence-electron chi connectivity index (χ1n) is 5.25. The Hall–Kier alpha value is -1.04. The van der Waals surface area contributed by atoms with E-state index in [0.29, 0.717) is 15.1 Å². The van der Waals surface area contributed by atoms with E-state index < -0.39 is 23.5 Å². The lowest BCUT2D eigenvalue weighted by molar-refractivity contribution is 0.438. The Kier molecular flexibility index (Phi) is 4.18. The van der Waals surface area contributed by atoms with Gasteiger partial charge in [-0.3, -0.25) is 0 Å². The van der Waals surface area contributed by atoms with E-state index in [-0.39, 0.29) is 5.56 Å². The SMILES string of the molecule is NC(c1ccc(Cl)c(Br)c1)c1ccc(F)c(F)c1F. The smallest absolute Gasteiger partial charge is 0.194 e. The minimum atomic E-state index is -1.53. The minimum Gasteiger partial charge on any atom is -0.320 e. The van der Waals surface area contributed by atoms with Crippen LogP contribution < -0.4 is 5.73 Å². The summed E-state index contributed by atoms with van der Waals surface area (Å²) in [4.78, 5) is 0. The number of halogens is 5. The fourth-order valence-corrected chi connectivity index (χ4v) is 2.18. The van der Waals surface area contributed by atoms with Crippen molar-refractivity contribution in [3.63, 3.8) is 0 Å². The first kappa shape index (κ1) is 14.4. The van der Waals surface area contributed by atoms with E-state index in [1.165, 1.54) is 0 Å². The molecule has 0 heterocycles. The summed E-state index contributed by atoms with van der Waals surface area (Å²) >= 11 is 9.05. The van der Waals surface area contributed by atoms with Crippen molar-refractivity contribution in [3.05, 3.63) is 68.4 Å². The number of nitrogens with two attached hydrogens (primary N) is 1. The molecule has 0 aliphatic rings. The van der Waals surface area contributed by atoms with E-state index >= 15 is 0 Å². The van der Waals surface area contributed by atoms with Crippen molar-refractivity contribution in [2.75, 3.05) is 0 Å². The van der Waals surface area contributed by atoms with Gasteiger partial charge in [0, 0.05) is 10.0 Å². The van der Waals surface area contributed by atoms with Crippen LogP contribution in [-0.2, 0) is 0 Å². The Morgan fingerprint density at radius 2 is 1.74 bits per heavy atom. The van der Waals surface area contributed by atoms with Crippen molar-refractivity contribution in [3.8, 4) is 0 Å². The van der Waals surface area contributed by atoms with Gasteiger partial charge >= 0.3 is 0 Å². The van der Waals surface area contributed by atoms with Crippen LogP contribution in [0.1, 0.15) is 17.2 Å². The van der Waals surface area contributed by atoms with E-state index in [9.17, 15) is 13.2 Å². The lowest BCUT2D eigenvalue weighted by Gasteiger charge is -2.14. The maximum atomic E-state index is 13.6. The van der Waals surface area contributed by atoms with Gasteiger partial charge in [-0.15, -0.1) is 0 Å². The first-order valence-corrected chi connectivity index (χ1v) is 6.43. The third-order valence-corrected chi connectivity index (χ3v) is 3.92. The molecule has 0 bridgehead atoms. The van der Waals surface area contributed by atoms with Crippen LogP contribution in [0.4, 0.5) is 13.2 Å². The van der Waals surface area contributed by atoms with Gasteiger partial charge in [0.25, 0.3) is 0 Å². The molecule has 1 atom stereocenters. The molecule has 1 nitrogen and oxygen atoms in total. The molecule has 0 saturated heterocycles. The third kappa shape index (κ3) is 2.78. The molecule has 0 saturated carbocycles. The Morgan fingerprint density at radius 3 is 2.37 bits per heavy atom. The number of rotatable bonds is 2. The monoisotopic (exact) mass is 349 g/mol. The molecule has 1 unspecified atom stereocenters. The first-order chi connectivity index (χ1) is 8.91. The van der Waals surface area contributed by atoms with Crippen LogP contribution in [0.15, 0.2) is 34.8 Å². The summed E-state index contributed by atoms with van der Waals surface area (Å²) in [5.74, 6) is -4.05. The van der Waals surface area contributed by atoms with Crippen molar-refractivity contribution in [2.45, 2.75) is 6.04 Å². The largest absolute Gasteiger partial charge is 0.320 e. The van der Waals surface area contributed by atoms with E-state index in [1.807, 2.05) is 0 Å². The lowest BCUT2D eigenvalue weighted by atomic mass is 9.99. The molecule has 0 aromatic heterocycles. The zero-order valence-electron chi connectivity index (χ0n) is 9.43. The second kappa shape index (κ2) is 5.53. The zero-order chi connectivity index (χ0) is 14.2. The topological polar surface area (TPSA) is 26.0 Å². The summed E-state index contributed by atoms with van der Waals surface area (Å²) in [5, 5.41) is 0.474. The summed E-state index contributed by atoms with van der Waals surface area (Å²) in [7, 11) is 0. The molecule has 2 aromatic rings. The molecule has 0 radical (unpaired) electrons. The fourth-order valence-electron chi connectivity index (χ4n) is 1.67. The van der Waals surface area contributed by atoms with Gasteiger partial charge in [-0.1, -0.05) is 23.7 Å². The summed E-state index contributed by atoms with van der Waals surface area (Å²) in [6.45, 7) is 0. The van der Waals surface area contributed by atoms with Gasteiger partial charge in [-0.25, -0.2) is 13.2 Å². The maximum Gasteiger partial charge on any atom is 0.194 e. The average Bonchev–Trinajstić information content (AvgIpc) is 2.39. The molecule has 19 heavy (non-hydrogen) atoms. The van der Waals surface area contributed by atoms with Crippen molar-refractivity contribution in [2.24, 2.45) is 5.73 Å². The van der Waals surface area contributed by atoms with Gasteiger partial charge in [0.2, 0.25) is 0 Å². The molecule has 2 N–H and O–H groups in total. The Labute approximate surface area is 121 Å². The van der Waals surface area contributed by atoms with E-state index in [4.69, 9.17) is 17.3 Å². The van der Waals surface area contributed by atoms with E-state index in [1.54, 1.807) is 18.2 Å². The zero-order valence-corrected chi connectivity index (χ0v) is 11.8. The quantitative estimate of drug-likeness (QED) is 0.789. The van der Waals surface area contributed by atoms with Crippen LogP contribution in [0.2, 0.25) is 5.02 Å². The molecule has 0 fully saturated rings. The highest BCUT2D eigenvalue weighted by molar-refractivity contribution is 9.10. The van der Waals surface area contributed by atoms with Crippen molar-refractivity contribution < 1.29 is 13.2 Å². The molecular weight excluding hydrogens is 343 g/mol. The van der Waals surface area contributed by atoms with Crippen LogP contribution >= 0.6 is 27.5 Å². The predicted molar refractivity (Wildman–Crippen MR) is 71.5 cm³/mol. The van der Waals surface area contributed by atoms with Gasteiger partial charge in [0.15, 0.2) is 17.5 Å². The van der Waals surface area contributed by atoms with Gasteiger partial charge in [-0.2, -0.15) is 0 Å². The Balaban J connectivity index is 2.47. The van der Waals surface area contributed by atoms with Crippen LogP contribution in [-0.4, -0.2) is 0 Å². The van der Waals surface area contributed by atoms with E-state index in [0.717, 1.165) is 12.1 Å². The molecular formula is C13H8BrClF3N. The molecule has 0 amide bonds. The Bertz CT molecular complexity index is 634. The van der Waals surface area contributed by atoms with Crippen molar-refractivity contribution >= 4 is 27.5 Å². The highest BCUT2D eigenvalue weighted by Crippen LogP contribution is 2.29. The fraction of sp³-hybridized carbons (Fsp3) is 0.0769. The standard InChI is InChI=1S/C13H8BrClF3N/c14-8-5-6(1-3-9(8)15)13(19)7-2-4-10(16)12(18)11(7)17/h1-5,13H,19H2. The average molecular weight is 351 g/mol. The number of hydrogen-bond donors (Lipinski definition) is 1.